The first kappa shape index (κ1) is 18.9. The summed E-state index contributed by atoms with van der Waals surface area (Å²) in [6.45, 7) is 6.72. The zero-order valence-electron chi connectivity index (χ0n) is 16.3. The number of fused-ring (bicyclic) bond motifs is 1. The van der Waals surface area contributed by atoms with Gasteiger partial charge in [-0.2, -0.15) is 0 Å². The highest BCUT2D eigenvalue weighted by molar-refractivity contribution is 5.92. The number of carbonyl (C=O) groups is 1. The Morgan fingerprint density at radius 2 is 1.86 bits per heavy atom. The molecule has 0 unspecified atom stereocenters. The lowest BCUT2D eigenvalue weighted by Crippen LogP contribution is -2.44. The topological polar surface area (TPSA) is 79.8 Å². The molecule has 0 bridgehead atoms. The SMILES string of the molecule is COc1cc2c(N3CCNCC3)ncnc2cc1OCCN1CCC(=O)CC1. The number of methoxy groups -OCH3 is 1. The summed E-state index contributed by atoms with van der Waals surface area (Å²) >= 11 is 0. The van der Waals surface area contributed by atoms with Crippen molar-refractivity contribution in [1.29, 1.82) is 0 Å². The number of carbonyl (C=O) groups excluding carboxylic acids is 1. The van der Waals surface area contributed by atoms with E-state index < -0.39 is 0 Å². The van der Waals surface area contributed by atoms with Crippen LogP contribution in [-0.4, -0.2) is 80.2 Å². The largest absolute Gasteiger partial charge is 0.493 e. The molecule has 2 aliphatic rings. The van der Waals surface area contributed by atoms with Crippen LogP contribution in [0.25, 0.3) is 10.9 Å². The van der Waals surface area contributed by atoms with E-state index in [1.54, 1.807) is 13.4 Å². The van der Waals surface area contributed by atoms with Crippen LogP contribution in [0.5, 0.6) is 11.5 Å². The molecule has 8 heteroatoms. The van der Waals surface area contributed by atoms with Crippen LogP contribution in [0, 0.1) is 0 Å². The van der Waals surface area contributed by atoms with Crippen LogP contribution < -0.4 is 19.7 Å². The predicted molar refractivity (Wildman–Crippen MR) is 107 cm³/mol. The molecule has 0 spiro atoms. The number of likely N-dealkylation sites (tertiary alicyclic amines) is 1. The van der Waals surface area contributed by atoms with Crippen molar-refractivity contribution in [2.45, 2.75) is 12.8 Å². The van der Waals surface area contributed by atoms with E-state index in [2.05, 4.69) is 25.1 Å². The number of ketones is 1. The number of Topliss-reactive ketones (excluding diaryl/α,β-unsaturated/α-hetero) is 1. The van der Waals surface area contributed by atoms with Gasteiger partial charge < -0.3 is 19.7 Å². The predicted octanol–water partition coefficient (Wildman–Crippen LogP) is 1.09. The van der Waals surface area contributed by atoms with Gasteiger partial charge in [0, 0.05) is 70.1 Å². The van der Waals surface area contributed by atoms with Gasteiger partial charge in [-0.25, -0.2) is 9.97 Å². The summed E-state index contributed by atoms with van der Waals surface area (Å²) < 4.78 is 11.6. The molecule has 3 heterocycles. The van der Waals surface area contributed by atoms with Crippen LogP contribution in [0.3, 0.4) is 0 Å². The van der Waals surface area contributed by atoms with E-state index in [1.165, 1.54) is 0 Å². The summed E-state index contributed by atoms with van der Waals surface area (Å²) in [5.41, 5.74) is 0.850. The number of nitrogens with zero attached hydrogens (tertiary/aromatic N) is 4. The third-order valence-corrected chi connectivity index (χ3v) is 5.40. The summed E-state index contributed by atoms with van der Waals surface area (Å²) in [5, 5.41) is 4.34. The van der Waals surface area contributed by atoms with E-state index in [-0.39, 0.29) is 0 Å². The molecule has 0 amide bonds. The van der Waals surface area contributed by atoms with Gasteiger partial charge in [0.25, 0.3) is 0 Å². The number of rotatable bonds is 6. The van der Waals surface area contributed by atoms with Crippen LogP contribution in [0.15, 0.2) is 18.5 Å². The first-order valence-corrected chi connectivity index (χ1v) is 9.90. The van der Waals surface area contributed by atoms with Crippen LogP contribution >= 0.6 is 0 Å². The molecule has 0 atom stereocenters. The fourth-order valence-electron chi connectivity index (χ4n) is 3.76. The molecule has 1 aromatic heterocycles. The summed E-state index contributed by atoms with van der Waals surface area (Å²) in [6, 6.07) is 3.91. The minimum absolute atomic E-state index is 0.355. The number of hydrogen-bond donors (Lipinski definition) is 1. The van der Waals surface area contributed by atoms with E-state index in [4.69, 9.17) is 9.47 Å². The van der Waals surface area contributed by atoms with E-state index in [1.807, 2.05) is 12.1 Å². The van der Waals surface area contributed by atoms with E-state index in [0.29, 0.717) is 36.7 Å². The number of hydrogen-bond acceptors (Lipinski definition) is 8. The van der Waals surface area contributed by atoms with Crippen LogP contribution in [0.1, 0.15) is 12.8 Å². The highest BCUT2D eigenvalue weighted by Crippen LogP contribution is 2.35. The van der Waals surface area contributed by atoms with Gasteiger partial charge >= 0.3 is 0 Å². The molecule has 0 aliphatic carbocycles. The Labute approximate surface area is 164 Å². The standard InChI is InChI=1S/C20H27N5O3/c1-27-18-12-16-17(22-14-23-20(16)25-8-4-21-5-9-25)13-19(18)28-11-10-24-6-2-15(26)3-7-24/h12-14,21H,2-11H2,1H3. The molecule has 1 aromatic carbocycles. The first-order valence-electron chi connectivity index (χ1n) is 9.90. The second kappa shape index (κ2) is 8.70. The Hall–Kier alpha value is -2.45. The average Bonchev–Trinajstić information content (AvgIpc) is 2.74. The molecule has 28 heavy (non-hydrogen) atoms. The Morgan fingerprint density at radius 3 is 2.61 bits per heavy atom. The zero-order chi connectivity index (χ0) is 19.3. The maximum atomic E-state index is 11.4. The summed E-state index contributed by atoms with van der Waals surface area (Å²) in [4.78, 5) is 24.9. The monoisotopic (exact) mass is 385 g/mol. The van der Waals surface area contributed by atoms with Crippen molar-refractivity contribution in [1.82, 2.24) is 20.2 Å². The molecule has 8 nitrogen and oxygen atoms in total. The number of benzene rings is 1. The number of piperidine rings is 1. The number of piperazine rings is 1. The molecule has 0 radical (unpaired) electrons. The highest BCUT2D eigenvalue weighted by Gasteiger charge is 2.19. The van der Waals surface area contributed by atoms with Gasteiger partial charge in [0.15, 0.2) is 11.5 Å². The highest BCUT2D eigenvalue weighted by atomic mass is 16.5. The zero-order valence-corrected chi connectivity index (χ0v) is 16.3. The summed E-state index contributed by atoms with van der Waals surface area (Å²) in [5.74, 6) is 2.67. The third kappa shape index (κ3) is 4.18. The lowest BCUT2D eigenvalue weighted by atomic mass is 10.1. The van der Waals surface area contributed by atoms with Crippen molar-refractivity contribution >= 4 is 22.5 Å². The summed E-state index contributed by atoms with van der Waals surface area (Å²) in [6.07, 6.45) is 2.90. The Bertz CT molecular complexity index is 828. The molecule has 4 rings (SSSR count). The molecular weight excluding hydrogens is 358 g/mol. The van der Waals surface area contributed by atoms with E-state index in [9.17, 15) is 4.79 Å². The number of nitrogens with one attached hydrogen (secondary N) is 1. The summed E-state index contributed by atoms with van der Waals surface area (Å²) in [7, 11) is 1.65. The smallest absolute Gasteiger partial charge is 0.163 e. The van der Waals surface area contributed by atoms with E-state index in [0.717, 1.165) is 62.5 Å². The van der Waals surface area contributed by atoms with Crippen molar-refractivity contribution in [2.75, 3.05) is 64.4 Å². The van der Waals surface area contributed by atoms with Gasteiger partial charge in [-0.05, 0) is 6.07 Å². The van der Waals surface area contributed by atoms with E-state index >= 15 is 0 Å². The second-order valence-corrected chi connectivity index (χ2v) is 7.18. The van der Waals surface area contributed by atoms with Gasteiger partial charge in [0.2, 0.25) is 0 Å². The Kier molecular flexibility index (Phi) is 5.87. The molecule has 2 aliphatic heterocycles. The number of aromatic nitrogens is 2. The fraction of sp³-hybridized carbons (Fsp3) is 0.550. The molecule has 2 fully saturated rings. The average molecular weight is 385 g/mol. The molecule has 0 saturated carbocycles. The van der Waals surface area contributed by atoms with Crippen molar-refractivity contribution < 1.29 is 14.3 Å². The van der Waals surface area contributed by atoms with Gasteiger partial charge in [-0.3, -0.25) is 9.69 Å². The van der Waals surface area contributed by atoms with Crippen molar-refractivity contribution in [2.24, 2.45) is 0 Å². The second-order valence-electron chi connectivity index (χ2n) is 7.18. The minimum atomic E-state index is 0.355. The fourth-order valence-corrected chi connectivity index (χ4v) is 3.76. The van der Waals surface area contributed by atoms with Gasteiger partial charge in [0.1, 0.15) is 24.5 Å². The maximum absolute atomic E-state index is 11.4. The Morgan fingerprint density at radius 1 is 1.07 bits per heavy atom. The molecule has 150 valence electrons. The van der Waals surface area contributed by atoms with Crippen molar-refractivity contribution in [3.05, 3.63) is 18.5 Å². The van der Waals surface area contributed by atoms with Crippen LogP contribution in [-0.2, 0) is 4.79 Å². The van der Waals surface area contributed by atoms with Gasteiger partial charge in [-0.15, -0.1) is 0 Å². The normalized spacial score (nSPS) is 18.5. The minimum Gasteiger partial charge on any atom is -0.493 e. The van der Waals surface area contributed by atoms with Crippen LogP contribution in [0.4, 0.5) is 5.82 Å². The lowest BCUT2D eigenvalue weighted by molar-refractivity contribution is -0.121. The van der Waals surface area contributed by atoms with Crippen molar-refractivity contribution in [3.8, 4) is 11.5 Å². The number of ether oxygens (including phenoxy) is 2. The molecule has 2 aromatic rings. The van der Waals surface area contributed by atoms with Gasteiger partial charge in [0.05, 0.1) is 12.6 Å². The molecule has 1 N–H and O–H groups in total. The van der Waals surface area contributed by atoms with Gasteiger partial charge in [-0.1, -0.05) is 0 Å². The Balaban J connectivity index is 1.50. The first-order chi connectivity index (χ1) is 13.7. The third-order valence-electron chi connectivity index (χ3n) is 5.40. The maximum Gasteiger partial charge on any atom is 0.163 e. The molecule has 2 saturated heterocycles. The number of anilines is 1. The quantitative estimate of drug-likeness (QED) is 0.792. The lowest BCUT2D eigenvalue weighted by Gasteiger charge is -2.29. The molecular formula is C20H27N5O3. The van der Waals surface area contributed by atoms with Crippen LogP contribution in [0.2, 0.25) is 0 Å². The van der Waals surface area contributed by atoms with Crippen molar-refractivity contribution in [3.63, 3.8) is 0 Å².